The molecular weight excluding hydrogens is 634 g/mol. The van der Waals surface area contributed by atoms with E-state index < -0.39 is 35.9 Å². The number of amides is 1. The first-order valence-corrected chi connectivity index (χ1v) is 14.9. The van der Waals surface area contributed by atoms with Crippen molar-refractivity contribution in [1.82, 2.24) is 9.55 Å². The summed E-state index contributed by atoms with van der Waals surface area (Å²) in [5, 5.41) is 3.78. The second-order valence-electron chi connectivity index (χ2n) is 10.3. The third-order valence-corrected chi connectivity index (χ3v) is 7.29. The molecule has 0 aliphatic heterocycles. The number of H-pyrrole nitrogens is 1. The summed E-state index contributed by atoms with van der Waals surface area (Å²) in [7, 11) is 2.90. The van der Waals surface area contributed by atoms with Gasteiger partial charge in [-0.2, -0.15) is 0 Å². The third-order valence-electron chi connectivity index (χ3n) is 7.05. The van der Waals surface area contributed by atoms with Crippen LogP contribution in [0.5, 0.6) is 5.75 Å². The molecule has 0 fully saturated rings. The Bertz CT molecular complexity index is 1870. The van der Waals surface area contributed by atoms with E-state index in [1.807, 2.05) is 0 Å². The molecular formula is C33H34ClN3O10. The van der Waals surface area contributed by atoms with Crippen molar-refractivity contribution >= 4 is 52.0 Å². The van der Waals surface area contributed by atoms with Crippen LogP contribution in [-0.2, 0) is 23.7 Å². The monoisotopic (exact) mass is 667 g/mol. The van der Waals surface area contributed by atoms with E-state index in [1.54, 1.807) is 43.3 Å². The van der Waals surface area contributed by atoms with Crippen LogP contribution in [-0.4, -0.2) is 67.1 Å². The minimum Gasteiger partial charge on any atom is -0.495 e. The summed E-state index contributed by atoms with van der Waals surface area (Å²) in [6.07, 6.45) is -0.588. The Morgan fingerprint density at radius 2 is 1.77 bits per heavy atom. The Labute approximate surface area is 274 Å². The summed E-state index contributed by atoms with van der Waals surface area (Å²) in [6, 6.07) is 11.5. The molecule has 0 radical (unpaired) electrons. The van der Waals surface area contributed by atoms with Gasteiger partial charge < -0.3 is 34.0 Å². The van der Waals surface area contributed by atoms with Gasteiger partial charge in [-0.05, 0) is 61.9 Å². The molecule has 4 rings (SSSR count). The van der Waals surface area contributed by atoms with Crippen molar-refractivity contribution < 1.29 is 42.9 Å². The van der Waals surface area contributed by atoms with Crippen LogP contribution in [0.4, 0.5) is 10.5 Å². The van der Waals surface area contributed by atoms with E-state index in [0.717, 1.165) is 0 Å². The summed E-state index contributed by atoms with van der Waals surface area (Å²) < 4.78 is 26.7. The molecule has 2 aromatic carbocycles. The minimum atomic E-state index is -1.19. The number of Topliss-reactive ketones (excluding diaryl/α,β-unsaturated/α-hetero) is 1. The normalized spacial score (nSPS) is 12.2. The number of aromatic nitrogens is 2. The van der Waals surface area contributed by atoms with Gasteiger partial charge in [-0.25, -0.2) is 9.59 Å². The number of benzene rings is 2. The van der Waals surface area contributed by atoms with Crippen molar-refractivity contribution in [3.8, 4) is 16.9 Å². The highest BCUT2D eigenvalue weighted by Crippen LogP contribution is 2.34. The average Bonchev–Trinajstić information content (AvgIpc) is 3.45. The fourth-order valence-electron chi connectivity index (χ4n) is 4.89. The summed E-state index contributed by atoms with van der Waals surface area (Å²) in [5.41, 5.74) is 1.67. The maximum absolute atomic E-state index is 13.7. The number of pyridine rings is 1. The Hall–Kier alpha value is -5.14. The van der Waals surface area contributed by atoms with Crippen molar-refractivity contribution in [2.75, 3.05) is 32.8 Å². The summed E-state index contributed by atoms with van der Waals surface area (Å²) in [5.74, 6) is -1.25. The number of hydrogen-bond donors (Lipinski definition) is 2. The van der Waals surface area contributed by atoms with Gasteiger partial charge in [0.2, 0.25) is 12.2 Å². The molecule has 2 heterocycles. The van der Waals surface area contributed by atoms with Crippen molar-refractivity contribution in [2.45, 2.75) is 39.5 Å². The van der Waals surface area contributed by atoms with Crippen LogP contribution < -0.4 is 15.6 Å². The lowest BCUT2D eigenvalue weighted by atomic mass is 9.97. The second-order valence-corrected chi connectivity index (χ2v) is 10.7. The number of hydrogen-bond acceptors (Lipinski definition) is 10. The van der Waals surface area contributed by atoms with Crippen LogP contribution in [0.2, 0.25) is 5.02 Å². The maximum atomic E-state index is 13.7. The molecule has 2 aromatic heterocycles. The van der Waals surface area contributed by atoms with E-state index in [1.165, 1.54) is 51.0 Å². The molecule has 0 bridgehead atoms. The van der Waals surface area contributed by atoms with E-state index in [4.69, 9.17) is 30.5 Å². The quantitative estimate of drug-likeness (QED) is 0.102. The number of methoxy groups -OCH3 is 2. The molecule has 13 nitrogen and oxygen atoms in total. The zero-order chi connectivity index (χ0) is 34.2. The first-order valence-electron chi connectivity index (χ1n) is 14.5. The van der Waals surface area contributed by atoms with E-state index in [0.29, 0.717) is 38.3 Å². The van der Waals surface area contributed by atoms with Crippen LogP contribution in [0.3, 0.4) is 0 Å². The van der Waals surface area contributed by atoms with Crippen molar-refractivity contribution in [3.05, 3.63) is 81.4 Å². The van der Waals surface area contributed by atoms with Gasteiger partial charge in [0, 0.05) is 65.9 Å². The minimum absolute atomic E-state index is 0.0899. The zero-order valence-corrected chi connectivity index (χ0v) is 27.1. The Kier molecular flexibility index (Phi) is 11.4. The highest BCUT2D eigenvalue weighted by molar-refractivity contribution is 6.31. The number of rotatable bonds is 13. The van der Waals surface area contributed by atoms with Crippen molar-refractivity contribution in [2.24, 2.45) is 0 Å². The van der Waals surface area contributed by atoms with E-state index in [9.17, 15) is 24.0 Å². The maximum Gasteiger partial charge on any atom is 0.511 e. The Balaban J connectivity index is 1.60. The lowest BCUT2D eigenvalue weighted by Crippen LogP contribution is -2.34. The predicted molar refractivity (Wildman–Crippen MR) is 173 cm³/mol. The van der Waals surface area contributed by atoms with Crippen LogP contribution in [0.15, 0.2) is 59.5 Å². The van der Waals surface area contributed by atoms with Gasteiger partial charge in [0.05, 0.1) is 19.9 Å². The number of halogens is 1. The number of carbonyl (C=O) groups excluding carboxylic acids is 4. The number of nitrogens with one attached hydrogen (secondary N) is 2. The van der Waals surface area contributed by atoms with Crippen LogP contribution in [0.1, 0.15) is 54.1 Å². The molecule has 4 aromatic rings. The fraction of sp³-hybridized carbons (Fsp3) is 0.303. The number of anilines is 1. The Morgan fingerprint density at radius 3 is 2.45 bits per heavy atom. The van der Waals surface area contributed by atoms with Gasteiger partial charge in [-0.15, -0.1) is 0 Å². The van der Waals surface area contributed by atoms with Gasteiger partial charge in [-0.1, -0.05) is 11.6 Å². The topological polar surface area (TPSA) is 164 Å². The van der Waals surface area contributed by atoms with Gasteiger partial charge in [-0.3, -0.25) is 19.0 Å². The standard InChI is InChI=1S/C33H34ClN3O10/c1-6-45-33(42)47-19(3)46-32(41)27-14-20-13-22(8-10-26(20)36-27)35-31(40)28(11-12-43-4)37-17-29(44-5)25(16-30(37)39)24-15-21(34)7-9-23(24)18(2)38/h7-10,13-17,19,28,36H,6,11-12H2,1-5H3,(H,35,40)/t19?,28-/m1/s1. The first-order chi connectivity index (χ1) is 22.4. The zero-order valence-electron chi connectivity index (χ0n) is 26.4. The molecule has 0 saturated carbocycles. The SMILES string of the molecule is CCOC(=O)OC(C)OC(=O)c1cc2cc(NC(=O)[C@@H](CCOC)n3cc(OC)c(-c4cc(Cl)ccc4C(C)=O)cc3=O)ccc2[nH]1. The lowest BCUT2D eigenvalue weighted by molar-refractivity contribution is -0.119. The molecule has 248 valence electrons. The molecule has 47 heavy (non-hydrogen) atoms. The number of carbonyl (C=O) groups is 4. The molecule has 0 saturated heterocycles. The predicted octanol–water partition coefficient (Wildman–Crippen LogP) is 5.75. The number of nitrogens with zero attached hydrogens (tertiary/aromatic N) is 1. The van der Waals surface area contributed by atoms with Crippen molar-refractivity contribution in [1.29, 1.82) is 0 Å². The summed E-state index contributed by atoms with van der Waals surface area (Å²) >= 11 is 6.22. The van der Waals surface area contributed by atoms with Crippen molar-refractivity contribution in [3.63, 3.8) is 0 Å². The van der Waals surface area contributed by atoms with Crippen LogP contribution in [0.25, 0.3) is 22.0 Å². The van der Waals surface area contributed by atoms with E-state index >= 15 is 0 Å². The van der Waals surface area contributed by atoms with Gasteiger partial charge >= 0.3 is 12.1 Å². The third kappa shape index (κ3) is 8.37. The molecule has 14 heteroatoms. The molecule has 0 spiro atoms. The van der Waals surface area contributed by atoms with Gasteiger partial charge in [0.25, 0.3) is 5.56 Å². The van der Waals surface area contributed by atoms with Crippen LogP contribution >= 0.6 is 11.6 Å². The molecule has 1 unspecified atom stereocenters. The first kappa shape index (κ1) is 34.7. The molecule has 2 N–H and O–H groups in total. The number of ketones is 1. The average molecular weight is 668 g/mol. The van der Waals surface area contributed by atoms with Gasteiger partial charge in [0.1, 0.15) is 17.5 Å². The number of ether oxygens (including phenoxy) is 5. The van der Waals surface area contributed by atoms with E-state index in [2.05, 4.69) is 15.0 Å². The molecule has 0 aliphatic rings. The fourth-order valence-corrected chi connectivity index (χ4v) is 5.06. The Morgan fingerprint density at radius 1 is 1.00 bits per heavy atom. The molecule has 2 atom stereocenters. The largest absolute Gasteiger partial charge is 0.511 e. The highest BCUT2D eigenvalue weighted by atomic mass is 35.5. The molecule has 1 amide bonds. The number of fused-ring (bicyclic) bond motifs is 1. The smallest absolute Gasteiger partial charge is 0.495 e. The number of esters is 1. The van der Waals surface area contributed by atoms with Gasteiger partial charge in [0.15, 0.2) is 5.78 Å². The second kappa shape index (κ2) is 15.4. The lowest BCUT2D eigenvalue weighted by Gasteiger charge is -2.21. The molecule has 0 aliphatic carbocycles. The summed E-state index contributed by atoms with van der Waals surface area (Å²) in [6.45, 7) is 4.67. The van der Waals surface area contributed by atoms with E-state index in [-0.39, 0.29) is 36.9 Å². The summed E-state index contributed by atoms with van der Waals surface area (Å²) in [4.78, 5) is 66.5. The highest BCUT2D eigenvalue weighted by Gasteiger charge is 2.25. The number of aromatic amines is 1. The van der Waals surface area contributed by atoms with Crippen LogP contribution in [0, 0.1) is 0 Å².